The molecule has 1 aliphatic heterocycles. The van der Waals surface area contributed by atoms with Gasteiger partial charge in [-0.3, -0.25) is 14.9 Å². The third-order valence-corrected chi connectivity index (χ3v) is 6.49. The molecule has 0 radical (unpaired) electrons. The van der Waals surface area contributed by atoms with Gasteiger partial charge in [0, 0.05) is 34.8 Å². The van der Waals surface area contributed by atoms with Crippen LogP contribution in [0.2, 0.25) is 0 Å². The van der Waals surface area contributed by atoms with Crippen LogP contribution >= 0.6 is 11.3 Å². The lowest BCUT2D eigenvalue weighted by atomic mass is 9.80. The van der Waals surface area contributed by atoms with Crippen molar-refractivity contribution in [1.82, 2.24) is 5.32 Å². The van der Waals surface area contributed by atoms with E-state index in [2.05, 4.69) is 5.32 Å². The fourth-order valence-corrected chi connectivity index (χ4v) is 4.82. The zero-order valence-electron chi connectivity index (χ0n) is 19.3. The number of carboxylic acid groups (broad SMARTS) is 1. The summed E-state index contributed by atoms with van der Waals surface area (Å²) in [6, 6.07) is 7.50. The Bertz CT molecular complexity index is 1240. The number of benzene rings is 1. The smallest absolute Gasteiger partial charge is 0.336 e. The van der Waals surface area contributed by atoms with Gasteiger partial charge in [-0.1, -0.05) is 12.1 Å². The van der Waals surface area contributed by atoms with Crippen molar-refractivity contribution >= 4 is 34.9 Å². The number of hydrogen-bond donors (Lipinski definition) is 2. The Labute approximate surface area is 205 Å². The maximum absolute atomic E-state index is 13.2. The Balaban J connectivity index is 1.88. The quantitative estimate of drug-likeness (QED) is 0.300. The standard InChI is InChI=1S/C24H24N2O8S/c1-13-20(23(29)33-3)22(16-5-4-6-17(11-16)26(31)32)21(14(2)25-13)24(30)34-8-7-18-9-15(12-35-18)10-19(27)28/h4-6,9,11-12,22,25H,7-8,10H2,1-3H3,(H,27,28). The Morgan fingerprint density at radius 2 is 1.83 bits per heavy atom. The highest BCUT2D eigenvalue weighted by Crippen LogP contribution is 2.40. The van der Waals surface area contributed by atoms with E-state index in [9.17, 15) is 24.5 Å². The number of carbonyl (C=O) groups excluding carboxylic acids is 2. The molecular weight excluding hydrogens is 476 g/mol. The molecule has 1 aromatic heterocycles. The largest absolute Gasteiger partial charge is 0.481 e. The second-order valence-corrected chi connectivity index (χ2v) is 8.85. The van der Waals surface area contributed by atoms with Crippen LogP contribution in [-0.2, 0) is 36.7 Å². The maximum Gasteiger partial charge on any atom is 0.336 e. The van der Waals surface area contributed by atoms with Crippen molar-refractivity contribution in [2.45, 2.75) is 32.6 Å². The predicted molar refractivity (Wildman–Crippen MR) is 127 cm³/mol. The first kappa shape index (κ1) is 25.6. The summed E-state index contributed by atoms with van der Waals surface area (Å²) < 4.78 is 10.5. The Morgan fingerprint density at radius 1 is 1.14 bits per heavy atom. The molecule has 0 fully saturated rings. The molecule has 1 aromatic carbocycles. The van der Waals surface area contributed by atoms with Gasteiger partial charge in [0.2, 0.25) is 0 Å². The SMILES string of the molecule is COC(=O)C1=C(C)NC(C)=C(C(=O)OCCc2cc(CC(=O)O)cs2)C1c1cccc([N+](=O)[O-])c1. The van der Waals surface area contributed by atoms with Crippen molar-refractivity contribution in [2.75, 3.05) is 13.7 Å². The van der Waals surface area contributed by atoms with Gasteiger partial charge in [-0.05, 0) is 36.4 Å². The van der Waals surface area contributed by atoms with E-state index in [-0.39, 0.29) is 29.9 Å². The van der Waals surface area contributed by atoms with E-state index in [4.69, 9.17) is 14.6 Å². The van der Waals surface area contributed by atoms with Crippen LogP contribution in [0.4, 0.5) is 5.69 Å². The van der Waals surface area contributed by atoms with Gasteiger partial charge in [-0.25, -0.2) is 9.59 Å². The van der Waals surface area contributed by atoms with Gasteiger partial charge in [0.05, 0.1) is 42.1 Å². The highest BCUT2D eigenvalue weighted by Gasteiger charge is 2.38. The summed E-state index contributed by atoms with van der Waals surface area (Å²) in [7, 11) is 1.22. The molecule has 0 amide bonds. The van der Waals surface area contributed by atoms with Crippen LogP contribution < -0.4 is 5.32 Å². The number of carboxylic acids is 1. The molecule has 0 bridgehead atoms. The number of nitro groups is 1. The second kappa shape index (κ2) is 11.0. The number of non-ortho nitro benzene ring substituents is 1. The van der Waals surface area contributed by atoms with Gasteiger partial charge in [0.15, 0.2) is 0 Å². The van der Waals surface area contributed by atoms with Gasteiger partial charge in [0.25, 0.3) is 5.69 Å². The normalized spacial score (nSPS) is 15.5. The number of esters is 2. The van der Waals surface area contributed by atoms with Gasteiger partial charge in [-0.2, -0.15) is 0 Å². The van der Waals surface area contributed by atoms with E-state index < -0.39 is 28.7 Å². The summed E-state index contributed by atoms with van der Waals surface area (Å²) in [5.74, 6) is -3.21. The van der Waals surface area contributed by atoms with Crippen molar-refractivity contribution in [3.8, 4) is 0 Å². The topological polar surface area (TPSA) is 145 Å². The van der Waals surface area contributed by atoms with E-state index in [1.165, 1.54) is 36.6 Å². The minimum absolute atomic E-state index is 0.0283. The van der Waals surface area contributed by atoms with Crippen LogP contribution in [0.3, 0.4) is 0 Å². The zero-order chi connectivity index (χ0) is 25.7. The first-order valence-corrected chi connectivity index (χ1v) is 11.5. The molecule has 1 atom stereocenters. The van der Waals surface area contributed by atoms with E-state index in [1.54, 1.807) is 31.4 Å². The van der Waals surface area contributed by atoms with Crippen molar-refractivity contribution in [2.24, 2.45) is 0 Å². The average molecular weight is 501 g/mol. The van der Waals surface area contributed by atoms with Gasteiger partial charge in [0.1, 0.15) is 0 Å². The summed E-state index contributed by atoms with van der Waals surface area (Å²) >= 11 is 1.38. The monoisotopic (exact) mass is 500 g/mol. The number of methoxy groups -OCH3 is 1. The van der Waals surface area contributed by atoms with E-state index in [1.807, 2.05) is 0 Å². The molecule has 0 spiro atoms. The number of allylic oxidation sites excluding steroid dienone is 2. The van der Waals surface area contributed by atoms with Crippen LogP contribution in [0.5, 0.6) is 0 Å². The van der Waals surface area contributed by atoms with Crippen LogP contribution in [0.1, 0.15) is 35.8 Å². The maximum atomic E-state index is 13.2. The molecule has 1 aliphatic rings. The Morgan fingerprint density at radius 3 is 2.46 bits per heavy atom. The molecule has 0 saturated carbocycles. The van der Waals surface area contributed by atoms with Crippen molar-refractivity contribution in [3.63, 3.8) is 0 Å². The molecule has 0 aliphatic carbocycles. The summed E-state index contributed by atoms with van der Waals surface area (Å²) in [6.45, 7) is 3.35. The number of nitro benzene ring substituents is 1. The lowest BCUT2D eigenvalue weighted by Crippen LogP contribution is -2.32. The van der Waals surface area contributed by atoms with E-state index in [0.717, 1.165) is 4.88 Å². The summed E-state index contributed by atoms with van der Waals surface area (Å²) in [5.41, 5.74) is 2.10. The molecule has 3 rings (SSSR count). The molecule has 2 aromatic rings. The van der Waals surface area contributed by atoms with Gasteiger partial charge < -0.3 is 19.9 Å². The lowest BCUT2D eigenvalue weighted by Gasteiger charge is -2.30. The number of rotatable bonds is 9. The van der Waals surface area contributed by atoms with Crippen LogP contribution in [0.15, 0.2) is 58.3 Å². The third kappa shape index (κ3) is 5.93. The number of hydrogen-bond acceptors (Lipinski definition) is 9. The number of dihydropyridines is 1. The minimum Gasteiger partial charge on any atom is -0.481 e. The van der Waals surface area contributed by atoms with Gasteiger partial charge >= 0.3 is 17.9 Å². The lowest BCUT2D eigenvalue weighted by molar-refractivity contribution is -0.384. The molecule has 1 unspecified atom stereocenters. The molecule has 2 N–H and O–H groups in total. The number of ether oxygens (including phenoxy) is 2. The van der Waals surface area contributed by atoms with Crippen molar-refractivity contribution < 1.29 is 33.9 Å². The second-order valence-electron chi connectivity index (χ2n) is 7.86. The summed E-state index contributed by atoms with van der Waals surface area (Å²) in [6.07, 6.45) is 0.302. The number of carbonyl (C=O) groups is 3. The fourth-order valence-electron chi connectivity index (χ4n) is 3.94. The number of aliphatic carboxylic acids is 1. The highest BCUT2D eigenvalue weighted by molar-refractivity contribution is 7.10. The van der Waals surface area contributed by atoms with E-state index >= 15 is 0 Å². The average Bonchev–Trinajstić information content (AvgIpc) is 3.24. The zero-order valence-corrected chi connectivity index (χ0v) is 20.1. The highest BCUT2D eigenvalue weighted by atomic mass is 32.1. The Kier molecular flexibility index (Phi) is 8.02. The predicted octanol–water partition coefficient (Wildman–Crippen LogP) is 3.48. The van der Waals surface area contributed by atoms with E-state index in [0.29, 0.717) is 28.9 Å². The molecule has 184 valence electrons. The fraction of sp³-hybridized carbons (Fsp3) is 0.292. The van der Waals surface area contributed by atoms with Crippen molar-refractivity contribution in [1.29, 1.82) is 0 Å². The molecule has 35 heavy (non-hydrogen) atoms. The first-order chi connectivity index (χ1) is 16.6. The molecule has 10 nitrogen and oxygen atoms in total. The Hall–Kier alpha value is -3.99. The number of nitrogens with zero attached hydrogens (tertiary/aromatic N) is 1. The van der Waals surface area contributed by atoms with Crippen molar-refractivity contribution in [3.05, 3.63) is 84.4 Å². The first-order valence-electron chi connectivity index (χ1n) is 10.6. The van der Waals surface area contributed by atoms with Gasteiger partial charge in [-0.15, -0.1) is 11.3 Å². The molecule has 0 saturated heterocycles. The number of nitrogens with one attached hydrogen (secondary N) is 1. The summed E-state index contributed by atoms with van der Waals surface area (Å²) in [5, 5.41) is 25.0. The van der Waals surface area contributed by atoms with Crippen LogP contribution in [-0.4, -0.2) is 41.7 Å². The van der Waals surface area contributed by atoms with Crippen LogP contribution in [0, 0.1) is 10.1 Å². The molecular formula is C24H24N2O8S. The summed E-state index contributed by atoms with van der Waals surface area (Å²) in [4.78, 5) is 48.4. The third-order valence-electron chi connectivity index (χ3n) is 5.44. The number of thiophene rings is 1. The minimum atomic E-state index is -0.931. The molecule has 11 heteroatoms. The molecule has 2 heterocycles. The van der Waals surface area contributed by atoms with Crippen LogP contribution in [0.25, 0.3) is 0 Å².